The molecule has 0 aliphatic heterocycles. The number of urea groups is 1. The minimum atomic E-state index is -0.649. The molecular weight excluding hydrogens is 201 g/mol. The molecule has 6 heteroatoms. The van der Waals surface area contributed by atoms with Crippen LogP contribution in [0.25, 0.3) is 0 Å². The molecule has 3 amide bonds. The first-order valence-electron chi connectivity index (χ1n) is 4.16. The Hall–Kier alpha value is -2.11. The summed E-state index contributed by atoms with van der Waals surface area (Å²) in [6.45, 7) is -0.263. The molecule has 0 saturated heterocycles. The molecule has 15 heavy (non-hydrogen) atoms. The smallest absolute Gasteiger partial charge is 0.319 e. The van der Waals surface area contributed by atoms with Crippen molar-refractivity contribution in [1.82, 2.24) is 5.32 Å². The lowest BCUT2D eigenvalue weighted by atomic mass is 10.3. The van der Waals surface area contributed by atoms with E-state index < -0.39 is 17.8 Å². The average molecular weight is 211 g/mol. The number of rotatable bonds is 3. The van der Waals surface area contributed by atoms with Gasteiger partial charge in [0, 0.05) is 5.69 Å². The van der Waals surface area contributed by atoms with E-state index in [4.69, 9.17) is 5.73 Å². The van der Waals surface area contributed by atoms with Crippen molar-refractivity contribution in [2.24, 2.45) is 5.73 Å². The number of anilines is 1. The fourth-order valence-electron chi connectivity index (χ4n) is 0.909. The molecule has 0 aliphatic carbocycles. The number of hydrogen-bond acceptors (Lipinski definition) is 2. The largest absolute Gasteiger partial charge is 0.368 e. The molecule has 0 atom stereocenters. The van der Waals surface area contributed by atoms with Gasteiger partial charge in [-0.2, -0.15) is 0 Å². The van der Waals surface area contributed by atoms with Gasteiger partial charge in [0.1, 0.15) is 5.82 Å². The summed E-state index contributed by atoms with van der Waals surface area (Å²) in [5, 5.41) is 4.54. The van der Waals surface area contributed by atoms with Gasteiger partial charge in [0.2, 0.25) is 5.91 Å². The molecule has 4 N–H and O–H groups in total. The molecule has 0 aromatic heterocycles. The quantitative estimate of drug-likeness (QED) is 0.677. The Morgan fingerprint density at radius 3 is 2.73 bits per heavy atom. The summed E-state index contributed by atoms with van der Waals surface area (Å²) in [6, 6.07) is 4.78. The Balaban J connectivity index is 2.48. The molecule has 0 bridgehead atoms. The first-order chi connectivity index (χ1) is 7.08. The lowest BCUT2D eigenvalue weighted by Gasteiger charge is -2.05. The van der Waals surface area contributed by atoms with E-state index in [0.717, 1.165) is 6.07 Å². The van der Waals surface area contributed by atoms with Crippen LogP contribution in [0.15, 0.2) is 24.3 Å². The van der Waals surface area contributed by atoms with Gasteiger partial charge in [0.25, 0.3) is 0 Å². The highest BCUT2D eigenvalue weighted by Gasteiger charge is 2.02. The maximum absolute atomic E-state index is 12.7. The van der Waals surface area contributed by atoms with E-state index in [-0.39, 0.29) is 6.54 Å². The summed E-state index contributed by atoms with van der Waals surface area (Å²) in [5.74, 6) is -1.10. The van der Waals surface area contributed by atoms with E-state index in [0.29, 0.717) is 5.69 Å². The number of halogens is 1. The van der Waals surface area contributed by atoms with E-state index in [9.17, 15) is 14.0 Å². The fourth-order valence-corrected chi connectivity index (χ4v) is 0.909. The van der Waals surface area contributed by atoms with Crippen LogP contribution < -0.4 is 16.4 Å². The minimum absolute atomic E-state index is 0.263. The van der Waals surface area contributed by atoms with Crippen molar-refractivity contribution in [3.63, 3.8) is 0 Å². The monoisotopic (exact) mass is 211 g/mol. The maximum atomic E-state index is 12.7. The molecule has 0 unspecified atom stereocenters. The predicted octanol–water partition coefficient (Wildman–Crippen LogP) is 0.432. The van der Waals surface area contributed by atoms with Crippen LogP contribution in [0.3, 0.4) is 0 Å². The maximum Gasteiger partial charge on any atom is 0.319 e. The van der Waals surface area contributed by atoms with Gasteiger partial charge in [-0.3, -0.25) is 4.79 Å². The molecule has 0 fully saturated rings. The number of nitrogens with one attached hydrogen (secondary N) is 2. The first kappa shape index (κ1) is 11.0. The Morgan fingerprint density at radius 2 is 2.13 bits per heavy atom. The summed E-state index contributed by atoms with van der Waals surface area (Å²) in [7, 11) is 0. The fraction of sp³-hybridized carbons (Fsp3) is 0.111. The van der Waals surface area contributed by atoms with Crippen LogP contribution in [-0.2, 0) is 4.79 Å². The predicted molar refractivity (Wildman–Crippen MR) is 52.6 cm³/mol. The number of nitrogens with two attached hydrogens (primary N) is 1. The van der Waals surface area contributed by atoms with Crippen molar-refractivity contribution in [3.05, 3.63) is 30.1 Å². The highest BCUT2D eigenvalue weighted by Crippen LogP contribution is 2.08. The van der Waals surface area contributed by atoms with Gasteiger partial charge >= 0.3 is 6.03 Å². The summed E-state index contributed by atoms with van der Waals surface area (Å²) in [5.41, 5.74) is 5.12. The zero-order chi connectivity index (χ0) is 11.3. The van der Waals surface area contributed by atoms with Crippen molar-refractivity contribution in [1.29, 1.82) is 0 Å². The van der Waals surface area contributed by atoms with Gasteiger partial charge in [0.05, 0.1) is 6.54 Å². The summed E-state index contributed by atoms with van der Waals surface area (Å²) >= 11 is 0. The highest BCUT2D eigenvalue weighted by atomic mass is 19.1. The van der Waals surface area contributed by atoms with Crippen LogP contribution in [0.4, 0.5) is 14.9 Å². The first-order valence-corrected chi connectivity index (χ1v) is 4.16. The number of carbonyl (C=O) groups excluding carboxylic acids is 2. The molecule has 0 aliphatic rings. The van der Waals surface area contributed by atoms with Crippen LogP contribution in [0, 0.1) is 5.82 Å². The Bertz CT molecular complexity index is 381. The third-order valence-corrected chi connectivity index (χ3v) is 1.51. The normalized spacial score (nSPS) is 9.40. The Morgan fingerprint density at radius 1 is 1.40 bits per heavy atom. The SMILES string of the molecule is NC(=O)CNC(=O)Nc1cccc(F)c1. The zero-order valence-corrected chi connectivity index (χ0v) is 7.79. The van der Waals surface area contributed by atoms with E-state index >= 15 is 0 Å². The second kappa shape index (κ2) is 4.94. The number of benzene rings is 1. The number of hydrogen-bond donors (Lipinski definition) is 3. The van der Waals surface area contributed by atoms with Crippen LogP contribution in [-0.4, -0.2) is 18.5 Å². The van der Waals surface area contributed by atoms with Crippen molar-refractivity contribution < 1.29 is 14.0 Å². The average Bonchev–Trinajstić information content (AvgIpc) is 2.15. The summed E-state index contributed by atoms with van der Waals surface area (Å²) in [6.07, 6.45) is 0. The van der Waals surface area contributed by atoms with Crippen molar-refractivity contribution in [2.75, 3.05) is 11.9 Å². The van der Waals surface area contributed by atoms with Gasteiger partial charge in [-0.05, 0) is 18.2 Å². The molecular formula is C9H10FN3O2. The van der Waals surface area contributed by atoms with Crippen LogP contribution in [0.1, 0.15) is 0 Å². The number of carbonyl (C=O) groups is 2. The molecule has 1 rings (SSSR count). The van der Waals surface area contributed by atoms with Gasteiger partial charge in [-0.1, -0.05) is 6.07 Å². The zero-order valence-electron chi connectivity index (χ0n) is 7.79. The molecule has 0 saturated carbocycles. The highest BCUT2D eigenvalue weighted by molar-refractivity contribution is 5.91. The van der Waals surface area contributed by atoms with Crippen LogP contribution >= 0.6 is 0 Å². The third-order valence-electron chi connectivity index (χ3n) is 1.51. The standard InChI is InChI=1S/C9H10FN3O2/c10-6-2-1-3-7(4-6)13-9(15)12-5-8(11)14/h1-4H,5H2,(H2,11,14)(H2,12,13,15). The van der Waals surface area contributed by atoms with Crippen molar-refractivity contribution in [3.8, 4) is 0 Å². The summed E-state index contributed by atoms with van der Waals surface area (Å²) < 4.78 is 12.7. The van der Waals surface area contributed by atoms with Crippen molar-refractivity contribution in [2.45, 2.75) is 0 Å². The molecule has 80 valence electrons. The molecule has 0 heterocycles. The number of primary amides is 1. The Kier molecular flexibility index (Phi) is 3.61. The molecule has 0 spiro atoms. The number of amides is 3. The second-order valence-electron chi connectivity index (χ2n) is 2.78. The second-order valence-corrected chi connectivity index (χ2v) is 2.78. The van der Waals surface area contributed by atoms with Crippen LogP contribution in [0.5, 0.6) is 0 Å². The van der Waals surface area contributed by atoms with Gasteiger partial charge in [0.15, 0.2) is 0 Å². The van der Waals surface area contributed by atoms with Gasteiger partial charge < -0.3 is 16.4 Å². The lowest BCUT2D eigenvalue weighted by molar-refractivity contribution is -0.117. The molecule has 1 aromatic rings. The minimum Gasteiger partial charge on any atom is -0.368 e. The lowest BCUT2D eigenvalue weighted by Crippen LogP contribution is -2.36. The summed E-state index contributed by atoms with van der Waals surface area (Å²) in [4.78, 5) is 21.4. The molecule has 1 aromatic carbocycles. The van der Waals surface area contributed by atoms with Crippen LogP contribution in [0.2, 0.25) is 0 Å². The van der Waals surface area contributed by atoms with E-state index in [2.05, 4.69) is 10.6 Å². The van der Waals surface area contributed by atoms with E-state index in [1.165, 1.54) is 18.2 Å². The van der Waals surface area contributed by atoms with Crippen molar-refractivity contribution >= 4 is 17.6 Å². The molecule has 0 radical (unpaired) electrons. The van der Waals surface area contributed by atoms with Gasteiger partial charge in [-0.15, -0.1) is 0 Å². The van der Waals surface area contributed by atoms with E-state index in [1.54, 1.807) is 0 Å². The third kappa shape index (κ3) is 4.08. The Labute approximate surface area is 85.5 Å². The molecule has 5 nitrogen and oxygen atoms in total. The van der Waals surface area contributed by atoms with Gasteiger partial charge in [-0.25, -0.2) is 9.18 Å². The van der Waals surface area contributed by atoms with E-state index in [1.807, 2.05) is 0 Å². The topological polar surface area (TPSA) is 84.2 Å².